The fourth-order valence-electron chi connectivity index (χ4n) is 1.77. The number of amidine groups is 1. The zero-order valence-corrected chi connectivity index (χ0v) is 12.5. The zero-order chi connectivity index (χ0) is 13.8. The van der Waals surface area contributed by atoms with Crippen molar-refractivity contribution in [3.63, 3.8) is 0 Å². The van der Waals surface area contributed by atoms with E-state index in [9.17, 15) is 0 Å². The van der Waals surface area contributed by atoms with E-state index >= 15 is 0 Å². The predicted molar refractivity (Wildman–Crippen MR) is 86.5 cm³/mol. The molecule has 0 fully saturated rings. The van der Waals surface area contributed by atoms with E-state index in [1.807, 2.05) is 30.3 Å². The summed E-state index contributed by atoms with van der Waals surface area (Å²) in [6, 6.07) is 11.8. The van der Waals surface area contributed by atoms with Crippen molar-refractivity contribution in [3.8, 4) is 5.75 Å². The van der Waals surface area contributed by atoms with E-state index in [0.717, 1.165) is 28.1 Å². The van der Waals surface area contributed by atoms with Gasteiger partial charge in [0, 0.05) is 5.75 Å². The van der Waals surface area contributed by atoms with Gasteiger partial charge in [0.05, 0.1) is 17.7 Å². The topological polar surface area (TPSA) is 46.0 Å². The number of nitrogens with one attached hydrogen (secondary N) is 1. The number of thiophene rings is 1. The first-order valence-corrected chi connectivity index (χ1v) is 7.94. The number of hydrogen-bond donors (Lipinski definition) is 1. The van der Waals surface area contributed by atoms with Crippen molar-refractivity contribution in [2.24, 2.45) is 10.1 Å². The summed E-state index contributed by atoms with van der Waals surface area (Å²) in [6.07, 6.45) is 0. The Labute approximate surface area is 125 Å². The van der Waals surface area contributed by atoms with Crippen LogP contribution >= 0.6 is 23.1 Å². The van der Waals surface area contributed by atoms with E-state index in [4.69, 9.17) is 4.74 Å². The zero-order valence-electron chi connectivity index (χ0n) is 10.9. The van der Waals surface area contributed by atoms with Crippen molar-refractivity contribution < 1.29 is 4.74 Å². The molecule has 1 aliphatic heterocycles. The number of benzene rings is 1. The van der Waals surface area contributed by atoms with Gasteiger partial charge in [-0.05, 0) is 23.6 Å². The number of ether oxygens (including phenoxy) is 1. The Morgan fingerprint density at radius 3 is 2.85 bits per heavy atom. The highest BCUT2D eigenvalue weighted by Crippen LogP contribution is 2.28. The molecular formula is C14H13N3OS2. The molecule has 0 bridgehead atoms. The van der Waals surface area contributed by atoms with Gasteiger partial charge in [0.25, 0.3) is 0 Å². The second-order valence-corrected chi connectivity index (χ2v) is 5.94. The molecule has 1 aliphatic rings. The highest BCUT2D eigenvalue weighted by molar-refractivity contribution is 8.14. The Balaban J connectivity index is 1.79. The molecular weight excluding hydrogens is 290 g/mol. The Morgan fingerprint density at radius 1 is 1.25 bits per heavy atom. The summed E-state index contributed by atoms with van der Waals surface area (Å²) in [5, 5.41) is 7.23. The lowest BCUT2D eigenvalue weighted by Crippen LogP contribution is -2.24. The van der Waals surface area contributed by atoms with Crippen LogP contribution in [0.5, 0.6) is 5.75 Å². The molecule has 0 unspecified atom stereocenters. The number of hydrogen-bond acceptors (Lipinski definition) is 5. The van der Waals surface area contributed by atoms with Crippen molar-refractivity contribution in [2.45, 2.75) is 0 Å². The minimum atomic E-state index is 0.760. The van der Waals surface area contributed by atoms with Crippen molar-refractivity contribution in [1.82, 2.24) is 5.43 Å². The number of para-hydroxylation sites is 2. The monoisotopic (exact) mass is 303 g/mol. The molecule has 0 saturated carbocycles. The molecule has 2 heterocycles. The number of hydrazone groups is 1. The molecule has 0 radical (unpaired) electrons. The Morgan fingerprint density at radius 2 is 2.15 bits per heavy atom. The maximum absolute atomic E-state index is 5.29. The number of thioether (sulfide) groups is 1. The van der Waals surface area contributed by atoms with Gasteiger partial charge < -0.3 is 4.74 Å². The second-order valence-electron chi connectivity index (χ2n) is 4.03. The van der Waals surface area contributed by atoms with Gasteiger partial charge in [-0.3, -0.25) is 5.43 Å². The van der Waals surface area contributed by atoms with Crippen molar-refractivity contribution in [1.29, 1.82) is 0 Å². The van der Waals surface area contributed by atoms with Crippen molar-refractivity contribution in [3.05, 3.63) is 46.7 Å². The van der Waals surface area contributed by atoms with Gasteiger partial charge >= 0.3 is 0 Å². The standard InChI is InChI=1S/C14H13N3OS2/c1-18-12-6-3-2-5-10(12)15-14-17-16-11(9-20-14)13-7-4-8-19-13/h2-8H,9H2,1H3,(H,15,17). The fraction of sp³-hybridized carbons (Fsp3) is 0.143. The molecule has 0 spiro atoms. The Bertz CT molecular complexity index is 650. The van der Waals surface area contributed by atoms with Crippen LogP contribution in [0.15, 0.2) is 51.9 Å². The number of rotatable bonds is 3. The third-order valence-corrected chi connectivity index (χ3v) is 4.54. The lowest BCUT2D eigenvalue weighted by Gasteiger charge is -2.14. The summed E-state index contributed by atoms with van der Waals surface area (Å²) in [5.74, 6) is 1.58. The van der Waals surface area contributed by atoms with Crippen molar-refractivity contribution in [2.75, 3.05) is 12.9 Å². The summed E-state index contributed by atoms with van der Waals surface area (Å²) in [4.78, 5) is 5.74. The maximum atomic E-state index is 5.29. The van der Waals surface area contributed by atoms with Crippen molar-refractivity contribution >= 4 is 39.7 Å². The minimum Gasteiger partial charge on any atom is -0.494 e. The highest BCUT2D eigenvalue weighted by Gasteiger charge is 2.14. The van der Waals surface area contributed by atoms with Gasteiger partial charge in [-0.1, -0.05) is 30.0 Å². The van der Waals surface area contributed by atoms with Crippen LogP contribution in [0.3, 0.4) is 0 Å². The molecule has 1 N–H and O–H groups in total. The molecule has 20 heavy (non-hydrogen) atoms. The average molecular weight is 303 g/mol. The Kier molecular flexibility index (Phi) is 4.03. The van der Waals surface area contributed by atoms with Crippen LogP contribution in [0.25, 0.3) is 0 Å². The predicted octanol–water partition coefficient (Wildman–Crippen LogP) is 3.48. The third-order valence-electron chi connectivity index (χ3n) is 2.74. The summed E-state index contributed by atoms with van der Waals surface area (Å²) >= 11 is 3.34. The smallest absolute Gasteiger partial charge is 0.182 e. The van der Waals surface area contributed by atoms with Crippen LogP contribution in [0.1, 0.15) is 4.88 Å². The van der Waals surface area contributed by atoms with E-state index in [0.29, 0.717) is 0 Å². The molecule has 0 atom stereocenters. The Hall–Kier alpha value is -1.79. The molecule has 1 aromatic carbocycles. The molecule has 2 aromatic rings. The molecule has 0 amide bonds. The molecule has 0 saturated heterocycles. The van der Waals surface area contributed by atoms with Gasteiger partial charge in [0.1, 0.15) is 11.4 Å². The third kappa shape index (κ3) is 2.86. The minimum absolute atomic E-state index is 0.760. The lowest BCUT2D eigenvalue weighted by atomic mass is 10.3. The SMILES string of the molecule is COc1ccccc1N=C1NN=C(c2cccs2)CS1. The van der Waals surface area contributed by atoms with Crippen LogP contribution in [0, 0.1) is 0 Å². The van der Waals surface area contributed by atoms with E-state index in [-0.39, 0.29) is 0 Å². The first-order chi connectivity index (χ1) is 9.86. The van der Waals surface area contributed by atoms with E-state index in [2.05, 4.69) is 27.0 Å². The molecule has 102 valence electrons. The normalized spacial score (nSPS) is 16.6. The molecule has 0 aliphatic carbocycles. The van der Waals surface area contributed by atoms with Crippen LogP contribution in [0.2, 0.25) is 0 Å². The summed E-state index contributed by atoms with van der Waals surface area (Å²) in [6.45, 7) is 0. The van der Waals surface area contributed by atoms with Crippen LogP contribution < -0.4 is 10.2 Å². The maximum Gasteiger partial charge on any atom is 0.182 e. The largest absolute Gasteiger partial charge is 0.494 e. The molecule has 6 heteroatoms. The van der Waals surface area contributed by atoms with Gasteiger partial charge in [0.2, 0.25) is 0 Å². The van der Waals surface area contributed by atoms with E-state index < -0.39 is 0 Å². The highest BCUT2D eigenvalue weighted by atomic mass is 32.2. The van der Waals surface area contributed by atoms with Crippen LogP contribution in [-0.4, -0.2) is 23.7 Å². The number of aliphatic imine (C=N–C) groups is 1. The van der Waals surface area contributed by atoms with Gasteiger partial charge in [0.15, 0.2) is 5.17 Å². The second kappa shape index (κ2) is 6.11. The first kappa shape index (κ1) is 13.2. The van der Waals surface area contributed by atoms with E-state index in [1.165, 1.54) is 4.88 Å². The molecule has 3 rings (SSSR count). The quantitative estimate of drug-likeness (QED) is 0.944. The summed E-state index contributed by atoms with van der Waals surface area (Å²) in [7, 11) is 1.65. The molecule has 1 aromatic heterocycles. The van der Waals surface area contributed by atoms with Gasteiger partial charge in [-0.15, -0.1) is 11.3 Å². The van der Waals surface area contributed by atoms with Gasteiger partial charge in [-0.2, -0.15) is 5.10 Å². The van der Waals surface area contributed by atoms with E-state index in [1.54, 1.807) is 30.2 Å². The first-order valence-electron chi connectivity index (χ1n) is 6.08. The average Bonchev–Trinajstić information content (AvgIpc) is 3.03. The lowest BCUT2D eigenvalue weighted by molar-refractivity contribution is 0.416. The summed E-state index contributed by atoms with van der Waals surface area (Å²) < 4.78 is 5.29. The fourth-order valence-corrected chi connectivity index (χ4v) is 3.35. The number of nitrogens with zero attached hydrogens (tertiary/aromatic N) is 2. The van der Waals surface area contributed by atoms with Gasteiger partial charge in [-0.25, -0.2) is 4.99 Å². The number of methoxy groups -OCH3 is 1. The van der Waals surface area contributed by atoms with Crippen LogP contribution in [0.4, 0.5) is 5.69 Å². The van der Waals surface area contributed by atoms with Crippen LogP contribution in [-0.2, 0) is 0 Å². The molecule has 4 nitrogen and oxygen atoms in total. The summed E-state index contributed by atoms with van der Waals surface area (Å²) in [5.41, 5.74) is 4.87.